The highest BCUT2D eigenvalue weighted by atomic mass is 127. The van der Waals surface area contributed by atoms with Crippen molar-refractivity contribution in [2.75, 3.05) is 33.4 Å². The van der Waals surface area contributed by atoms with Gasteiger partial charge in [0.1, 0.15) is 0 Å². The Kier molecular flexibility index (Phi) is 10.4. The van der Waals surface area contributed by atoms with Crippen LogP contribution in [-0.2, 0) is 16.1 Å². The van der Waals surface area contributed by atoms with Crippen LogP contribution in [0.25, 0.3) is 0 Å². The predicted octanol–water partition coefficient (Wildman–Crippen LogP) is 3.19. The van der Waals surface area contributed by atoms with Crippen LogP contribution in [-0.4, -0.2) is 50.2 Å². The summed E-state index contributed by atoms with van der Waals surface area (Å²) in [5.41, 5.74) is 0.783. The van der Waals surface area contributed by atoms with Crippen molar-refractivity contribution in [3.05, 3.63) is 29.6 Å². The van der Waals surface area contributed by atoms with Crippen LogP contribution in [0.2, 0.25) is 0 Å². The van der Waals surface area contributed by atoms with Gasteiger partial charge in [-0.3, -0.25) is 4.79 Å². The normalized spacial score (nSPS) is 15.1. The van der Waals surface area contributed by atoms with Crippen molar-refractivity contribution < 1.29 is 18.7 Å². The molecule has 0 aromatic heterocycles. The van der Waals surface area contributed by atoms with E-state index in [0.717, 1.165) is 44.0 Å². The van der Waals surface area contributed by atoms with Crippen molar-refractivity contribution >= 4 is 35.9 Å². The number of likely N-dealkylation sites (tertiary alicyclic amines) is 1. The van der Waals surface area contributed by atoms with E-state index in [1.165, 1.54) is 13.2 Å². The van der Waals surface area contributed by atoms with Crippen molar-refractivity contribution in [2.24, 2.45) is 10.9 Å². The van der Waals surface area contributed by atoms with Gasteiger partial charge >= 0.3 is 5.97 Å². The number of methoxy groups -OCH3 is 1. The minimum Gasteiger partial charge on any atom is -0.491 e. The van der Waals surface area contributed by atoms with Crippen LogP contribution in [0.15, 0.2) is 23.2 Å². The Morgan fingerprint density at radius 2 is 2.04 bits per heavy atom. The SMILES string of the molecule is CCNC(=NCc1ccc(OCC)c(F)c1)N1CCC(C(=O)OC)CC1.I. The lowest BCUT2D eigenvalue weighted by atomic mass is 9.97. The Hall–Kier alpha value is -1.58. The summed E-state index contributed by atoms with van der Waals surface area (Å²) in [6, 6.07) is 4.92. The maximum atomic E-state index is 14.0. The topological polar surface area (TPSA) is 63.2 Å². The smallest absolute Gasteiger partial charge is 0.308 e. The Morgan fingerprint density at radius 1 is 1.33 bits per heavy atom. The second-order valence-electron chi connectivity index (χ2n) is 6.15. The van der Waals surface area contributed by atoms with Gasteiger partial charge in [-0.1, -0.05) is 6.07 Å². The molecular weight excluding hydrogens is 464 g/mol. The first-order valence-corrected chi connectivity index (χ1v) is 9.11. The molecule has 8 heteroatoms. The van der Waals surface area contributed by atoms with Gasteiger partial charge in [0.25, 0.3) is 0 Å². The number of carbonyl (C=O) groups is 1. The lowest BCUT2D eigenvalue weighted by Gasteiger charge is -2.33. The zero-order valence-corrected chi connectivity index (χ0v) is 18.5. The summed E-state index contributed by atoms with van der Waals surface area (Å²) in [6.07, 6.45) is 1.49. The molecule has 0 bridgehead atoms. The minimum absolute atomic E-state index is 0. The monoisotopic (exact) mass is 493 g/mol. The molecule has 1 heterocycles. The predicted molar refractivity (Wildman–Crippen MR) is 114 cm³/mol. The first-order valence-electron chi connectivity index (χ1n) is 9.11. The van der Waals surface area contributed by atoms with Crippen molar-refractivity contribution in [1.29, 1.82) is 0 Å². The molecule has 1 fully saturated rings. The first-order chi connectivity index (χ1) is 12.6. The van der Waals surface area contributed by atoms with Crippen LogP contribution in [0.4, 0.5) is 4.39 Å². The molecule has 0 saturated carbocycles. The second kappa shape index (κ2) is 12.0. The number of hydrogen-bond acceptors (Lipinski definition) is 4. The molecule has 0 atom stereocenters. The molecule has 1 aliphatic heterocycles. The van der Waals surface area contributed by atoms with E-state index in [1.54, 1.807) is 6.07 Å². The molecule has 1 aliphatic rings. The molecular formula is C19H29FIN3O3. The molecule has 1 aromatic carbocycles. The summed E-state index contributed by atoms with van der Waals surface area (Å²) in [5.74, 6) is 0.487. The average molecular weight is 493 g/mol. The van der Waals surface area contributed by atoms with Gasteiger partial charge in [-0.05, 0) is 44.4 Å². The number of piperidine rings is 1. The third-order valence-corrected chi connectivity index (χ3v) is 4.37. The Labute approximate surface area is 177 Å². The summed E-state index contributed by atoms with van der Waals surface area (Å²) < 4.78 is 24.0. The quantitative estimate of drug-likeness (QED) is 0.286. The lowest BCUT2D eigenvalue weighted by Crippen LogP contribution is -2.46. The first kappa shape index (κ1) is 23.5. The molecule has 27 heavy (non-hydrogen) atoms. The van der Waals surface area contributed by atoms with Gasteiger partial charge in [0.2, 0.25) is 0 Å². The van der Waals surface area contributed by atoms with E-state index in [1.807, 2.05) is 19.9 Å². The van der Waals surface area contributed by atoms with Gasteiger partial charge < -0.3 is 19.7 Å². The maximum absolute atomic E-state index is 14.0. The summed E-state index contributed by atoms with van der Waals surface area (Å²) in [5, 5.41) is 3.27. The average Bonchev–Trinajstić information content (AvgIpc) is 2.66. The fourth-order valence-electron chi connectivity index (χ4n) is 3.00. The van der Waals surface area contributed by atoms with E-state index >= 15 is 0 Å². The molecule has 0 spiro atoms. The number of benzene rings is 1. The maximum Gasteiger partial charge on any atom is 0.308 e. The molecule has 0 aliphatic carbocycles. The Morgan fingerprint density at radius 3 is 2.59 bits per heavy atom. The molecule has 0 radical (unpaired) electrons. The summed E-state index contributed by atoms with van der Waals surface area (Å²) in [4.78, 5) is 18.4. The van der Waals surface area contributed by atoms with Crippen molar-refractivity contribution in [3.63, 3.8) is 0 Å². The molecule has 1 N–H and O–H groups in total. The number of aliphatic imine (C=N–C) groups is 1. The zero-order chi connectivity index (χ0) is 18.9. The van der Waals surface area contributed by atoms with Gasteiger partial charge in [-0.2, -0.15) is 0 Å². The van der Waals surface area contributed by atoms with Gasteiger partial charge in [-0.15, -0.1) is 24.0 Å². The van der Waals surface area contributed by atoms with Crippen LogP contribution in [0.3, 0.4) is 0 Å². The number of guanidine groups is 1. The second-order valence-corrected chi connectivity index (χ2v) is 6.15. The fraction of sp³-hybridized carbons (Fsp3) is 0.579. The Bertz CT molecular complexity index is 635. The van der Waals surface area contributed by atoms with Crippen molar-refractivity contribution in [2.45, 2.75) is 33.2 Å². The van der Waals surface area contributed by atoms with E-state index in [2.05, 4.69) is 15.2 Å². The van der Waals surface area contributed by atoms with Gasteiger partial charge in [0.15, 0.2) is 17.5 Å². The van der Waals surface area contributed by atoms with Gasteiger partial charge in [0.05, 0.1) is 26.2 Å². The van der Waals surface area contributed by atoms with Crippen LogP contribution < -0.4 is 10.1 Å². The number of nitrogens with zero attached hydrogens (tertiary/aromatic N) is 2. The van der Waals surface area contributed by atoms with Crippen molar-refractivity contribution in [1.82, 2.24) is 10.2 Å². The van der Waals surface area contributed by atoms with Crippen LogP contribution in [0.1, 0.15) is 32.3 Å². The number of esters is 1. The molecule has 0 amide bonds. The standard InChI is InChI=1S/C19H28FN3O3.HI/c1-4-21-19(23-10-8-15(9-11-23)18(24)25-3)22-13-14-6-7-17(26-5-2)16(20)12-14;/h6-7,12,15H,4-5,8-11,13H2,1-3H3,(H,21,22);1H. The van der Waals surface area contributed by atoms with Crippen LogP contribution >= 0.6 is 24.0 Å². The largest absolute Gasteiger partial charge is 0.491 e. The number of carbonyl (C=O) groups excluding carboxylic acids is 1. The van der Waals surface area contributed by atoms with Crippen LogP contribution in [0, 0.1) is 11.7 Å². The van der Waals surface area contributed by atoms with Gasteiger partial charge in [-0.25, -0.2) is 9.38 Å². The number of ether oxygens (including phenoxy) is 2. The Balaban J connectivity index is 0.00000364. The van der Waals surface area contributed by atoms with Gasteiger partial charge in [0, 0.05) is 19.6 Å². The zero-order valence-electron chi connectivity index (χ0n) is 16.2. The molecule has 0 unspecified atom stereocenters. The number of nitrogens with one attached hydrogen (secondary N) is 1. The number of rotatable bonds is 6. The fourth-order valence-corrected chi connectivity index (χ4v) is 3.00. The van der Waals surface area contributed by atoms with Crippen molar-refractivity contribution in [3.8, 4) is 5.75 Å². The molecule has 152 valence electrons. The summed E-state index contributed by atoms with van der Waals surface area (Å²) >= 11 is 0. The minimum atomic E-state index is -0.372. The molecule has 2 rings (SSSR count). The van der Waals surface area contributed by atoms with E-state index < -0.39 is 0 Å². The van der Waals surface area contributed by atoms with E-state index in [9.17, 15) is 9.18 Å². The summed E-state index contributed by atoms with van der Waals surface area (Å²) in [6.45, 7) is 6.86. The van der Waals surface area contributed by atoms with E-state index in [-0.39, 0.29) is 47.4 Å². The molecule has 1 saturated heterocycles. The highest BCUT2D eigenvalue weighted by Crippen LogP contribution is 2.20. The third-order valence-electron chi connectivity index (χ3n) is 4.37. The number of hydrogen-bond donors (Lipinski definition) is 1. The molecule has 1 aromatic rings. The van der Waals surface area contributed by atoms with E-state index in [0.29, 0.717) is 13.2 Å². The van der Waals surface area contributed by atoms with E-state index in [4.69, 9.17) is 9.47 Å². The molecule has 6 nitrogen and oxygen atoms in total. The highest BCUT2D eigenvalue weighted by molar-refractivity contribution is 14.0. The lowest BCUT2D eigenvalue weighted by molar-refractivity contribution is -0.146. The van der Waals surface area contributed by atoms with Crippen LogP contribution in [0.5, 0.6) is 5.75 Å². The number of halogens is 2. The highest BCUT2D eigenvalue weighted by Gasteiger charge is 2.26. The third kappa shape index (κ3) is 6.82. The summed E-state index contributed by atoms with van der Waals surface area (Å²) in [7, 11) is 1.43.